The number of Topliss-reactive ketones (excluding diaryl/α,β-unsaturated/α-hetero) is 1. The highest BCUT2D eigenvalue weighted by Crippen LogP contribution is 2.40. The Labute approximate surface area is 218 Å². The molecule has 0 aliphatic carbocycles. The first-order valence-electron chi connectivity index (χ1n) is 12.9. The second-order valence-electron chi connectivity index (χ2n) is 9.75. The molecule has 3 aromatic rings. The molecule has 1 amide bonds. The smallest absolute Gasteiger partial charge is 0.295 e. The second kappa shape index (κ2) is 11.6. The number of unbranched alkanes of at least 4 members (excludes halogenated alkanes) is 3. The van der Waals surface area contributed by atoms with Gasteiger partial charge >= 0.3 is 0 Å². The summed E-state index contributed by atoms with van der Waals surface area (Å²) < 4.78 is 7.63. The van der Waals surface area contributed by atoms with Crippen molar-refractivity contribution in [2.75, 3.05) is 33.8 Å². The first kappa shape index (κ1) is 26.4. The summed E-state index contributed by atoms with van der Waals surface area (Å²) in [6, 6.07) is 12.3. The zero-order valence-corrected chi connectivity index (χ0v) is 22.1. The summed E-state index contributed by atoms with van der Waals surface area (Å²) in [4.78, 5) is 34.6. The standard InChI is InChI=1S/C29H36N4O4/c1-5-6-7-10-19-37-22-14-12-21(13-15-22)26-24(28(35)29(36)33(26)18-17-31(3)4)27(34)25-20(2)30-23-11-8-9-16-32(23)25/h8-9,11-16,26,34H,5-7,10,17-19H2,1-4H3. The number of imidazole rings is 1. The third-order valence-electron chi connectivity index (χ3n) is 6.72. The van der Waals surface area contributed by atoms with E-state index >= 15 is 0 Å². The van der Waals surface area contributed by atoms with Gasteiger partial charge in [-0.05, 0) is 57.3 Å². The number of amides is 1. The molecule has 0 bridgehead atoms. The van der Waals surface area contributed by atoms with E-state index in [0.29, 0.717) is 36.7 Å². The number of carbonyl (C=O) groups is 2. The molecular weight excluding hydrogens is 468 g/mol. The fourth-order valence-corrected chi connectivity index (χ4v) is 4.76. The van der Waals surface area contributed by atoms with Crippen molar-refractivity contribution in [3.63, 3.8) is 0 Å². The van der Waals surface area contributed by atoms with Crippen molar-refractivity contribution in [2.45, 2.75) is 45.6 Å². The predicted molar refractivity (Wildman–Crippen MR) is 144 cm³/mol. The highest BCUT2D eigenvalue weighted by atomic mass is 16.5. The number of fused-ring (bicyclic) bond motifs is 1. The van der Waals surface area contributed by atoms with Gasteiger partial charge in [-0.1, -0.05) is 44.4 Å². The van der Waals surface area contributed by atoms with Gasteiger partial charge in [0.1, 0.15) is 17.1 Å². The number of ketones is 1. The molecule has 0 spiro atoms. The van der Waals surface area contributed by atoms with Crippen molar-refractivity contribution in [1.82, 2.24) is 19.2 Å². The van der Waals surface area contributed by atoms with Crippen LogP contribution in [0, 0.1) is 6.92 Å². The molecular formula is C29H36N4O4. The second-order valence-corrected chi connectivity index (χ2v) is 9.75. The summed E-state index contributed by atoms with van der Waals surface area (Å²) in [5, 5.41) is 11.5. The van der Waals surface area contributed by atoms with Crippen LogP contribution in [0.25, 0.3) is 11.4 Å². The number of carbonyl (C=O) groups excluding carboxylic acids is 2. The van der Waals surface area contributed by atoms with E-state index in [4.69, 9.17) is 4.74 Å². The number of benzene rings is 1. The third-order valence-corrected chi connectivity index (χ3v) is 6.72. The Morgan fingerprint density at radius 3 is 2.54 bits per heavy atom. The Morgan fingerprint density at radius 2 is 1.84 bits per heavy atom. The van der Waals surface area contributed by atoms with Crippen LogP contribution in [-0.4, -0.2) is 69.8 Å². The van der Waals surface area contributed by atoms with E-state index in [1.807, 2.05) is 61.5 Å². The number of hydrogen-bond donors (Lipinski definition) is 1. The molecule has 1 saturated heterocycles. The molecule has 3 heterocycles. The molecule has 8 heteroatoms. The van der Waals surface area contributed by atoms with Crippen LogP contribution in [0.5, 0.6) is 5.75 Å². The van der Waals surface area contributed by atoms with Gasteiger partial charge in [-0.2, -0.15) is 0 Å². The molecule has 2 aromatic heterocycles. The van der Waals surface area contributed by atoms with E-state index in [1.54, 1.807) is 22.4 Å². The van der Waals surface area contributed by atoms with Gasteiger partial charge in [0.2, 0.25) is 0 Å². The average Bonchev–Trinajstić information content (AvgIpc) is 3.35. The van der Waals surface area contributed by atoms with Gasteiger partial charge in [0.15, 0.2) is 5.76 Å². The average molecular weight is 505 g/mol. The summed E-state index contributed by atoms with van der Waals surface area (Å²) in [6.45, 7) is 5.54. The van der Waals surface area contributed by atoms with Gasteiger partial charge < -0.3 is 19.6 Å². The molecule has 1 atom stereocenters. The highest BCUT2D eigenvalue weighted by molar-refractivity contribution is 6.46. The van der Waals surface area contributed by atoms with Crippen LogP contribution < -0.4 is 4.74 Å². The first-order chi connectivity index (χ1) is 17.8. The van der Waals surface area contributed by atoms with Gasteiger partial charge in [0.05, 0.1) is 23.9 Å². The van der Waals surface area contributed by atoms with E-state index in [0.717, 1.165) is 24.2 Å². The van der Waals surface area contributed by atoms with Crippen LogP contribution in [0.1, 0.15) is 55.6 Å². The maximum absolute atomic E-state index is 13.3. The molecule has 37 heavy (non-hydrogen) atoms. The molecule has 8 nitrogen and oxygen atoms in total. The largest absolute Gasteiger partial charge is 0.505 e. The number of hydrogen-bond acceptors (Lipinski definition) is 6. The number of likely N-dealkylation sites (tertiary alicyclic amines) is 1. The van der Waals surface area contributed by atoms with Gasteiger partial charge in [0, 0.05) is 19.3 Å². The van der Waals surface area contributed by atoms with Crippen LogP contribution in [-0.2, 0) is 9.59 Å². The summed E-state index contributed by atoms with van der Waals surface area (Å²) >= 11 is 0. The van der Waals surface area contributed by atoms with Gasteiger partial charge in [-0.3, -0.25) is 14.0 Å². The Morgan fingerprint density at radius 1 is 1.08 bits per heavy atom. The molecule has 1 N–H and O–H groups in total. The summed E-state index contributed by atoms with van der Waals surface area (Å²) in [5.74, 6) is -0.787. The third kappa shape index (κ3) is 5.54. The van der Waals surface area contributed by atoms with Crippen molar-refractivity contribution in [2.24, 2.45) is 0 Å². The van der Waals surface area contributed by atoms with Crippen molar-refractivity contribution in [1.29, 1.82) is 0 Å². The number of aryl methyl sites for hydroxylation is 1. The number of nitrogens with zero attached hydrogens (tertiary/aromatic N) is 4. The highest BCUT2D eigenvalue weighted by Gasteiger charge is 2.46. The lowest BCUT2D eigenvalue weighted by Crippen LogP contribution is -2.35. The van der Waals surface area contributed by atoms with Crippen molar-refractivity contribution in [3.8, 4) is 5.75 Å². The predicted octanol–water partition coefficient (Wildman–Crippen LogP) is 4.59. The zero-order chi connectivity index (χ0) is 26.5. The van der Waals surface area contributed by atoms with Crippen LogP contribution in [0.15, 0.2) is 54.2 Å². The molecule has 1 unspecified atom stereocenters. The number of aliphatic hydroxyl groups is 1. The molecule has 196 valence electrons. The number of rotatable bonds is 11. The monoisotopic (exact) mass is 504 g/mol. The number of likely N-dealkylation sites (N-methyl/N-ethyl adjacent to an activating group) is 1. The minimum absolute atomic E-state index is 0.0748. The fourth-order valence-electron chi connectivity index (χ4n) is 4.76. The normalized spacial score (nSPS) is 17.3. The Kier molecular flexibility index (Phi) is 8.28. The lowest BCUT2D eigenvalue weighted by molar-refractivity contribution is -0.140. The van der Waals surface area contributed by atoms with Crippen LogP contribution in [0.3, 0.4) is 0 Å². The van der Waals surface area contributed by atoms with Crippen LogP contribution in [0.2, 0.25) is 0 Å². The van der Waals surface area contributed by atoms with Crippen molar-refractivity contribution < 1.29 is 19.4 Å². The summed E-state index contributed by atoms with van der Waals surface area (Å²) in [7, 11) is 3.83. The fraction of sp³-hybridized carbons (Fsp3) is 0.414. The van der Waals surface area contributed by atoms with E-state index in [1.165, 1.54) is 12.8 Å². The van der Waals surface area contributed by atoms with E-state index in [2.05, 4.69) is 11.9 Å². The number of aliphatic hydroxyl groups excluding tert-OH is 1. The number of ether oxygens (including phenoxy) is 1. The molecule has 0 radical (unpaired) electrons. The topological polar surface area (TPSA) is 87.4 Å². The first-order valence-corrected chi connectivity index (χ1v) is 12.9. The maximum atomic E-state index is 13.3. The van der Waals surface area contributed by atoms with Gasteiger partial charge in [-0.25, -0.2) is 4.98 Å². The quantitative estimate of drug-likeness (QED) is 0.178. The van der Waals surface area contributed by atoms with Crippen molar-refractivity contribution in [3.05, 3.63) is 71.2 Å². The number of pyridine rings is 1. The minimum atomic E-state index is -0.716. The molecule has 1 aromatic carbocycles. The van der Waals surface area contributed by atoms with Crippen molar-refractivity contribution >= 4 is 23.1 Å². The maximum Gasteiger partial charge on any atom is 0.295 e. The molecule has 1 fully saturated rings. The summed E-state index contributed by atoms with van der Waals surface area (Å²) in [5.41, 5.74) is 2.46. The Bertz CT molecular complexity index is 1290. The SMILES string of the molecule is CCCCCCOc1ccc(C2C(=C(O)c3c(C)nc4ccccn34)C(=O)C(=O)N2CCN(C)C)cc1. The Balaban J connectivity index is 1.73. The van der Waals surface area contributed by atoms with E-state index in [-0.39, 0.29) is 11.3 Å². The number of aromatic nitrogens is 2. The van der Waals surface area contributed by atoms with Crippen LogP contribution in [0.4, 0.5) is 0 Å². The minimum Gasteiger partial charge on any atom is -0.505 e. The molecule has 1 aliphatic heterocycles. The van der Waals surface area contributed by atoms with Gasteiger partial charge in [0.25, 0.3) is 11.7 Å². The van der Waals surface area contributed by atoms with Gasteiger partial charge in [-0.15, -0.1) is 0 Å². The lowest BCUT2D eigenvalue weighted by Gasteiger charge is -2.26. The van der Waals surface area contributed by atoms with E-state index in [9.17, 15) is 14.7 Å². The van der Waals surface area contributed by atoms with Crippen LogP contribution >= 0.6 is 0 Å². The zero-order valence-electron chi connectivity index (χ0n) is 22.1. The molecule has 1 aliphatic rings. The molecule has 0 saturated carbocycles. The van der Waals surface area contributed by atoms with E-state index < -0.39 is 17.7 Å². The molecule has 4 rings (SSSR count). The summed E-state index contributed by atoms with van der Waals surface area (Å²) in [6.07, 6.45) is 6.29. The Hall–Kier alpha value is -3.65. The lowest BCUT2D eigenvalue weighted by atomic mass is 9.96.